The summed E-state index contributed by atoms with van der Waals surface area (Å²) in [5.74, 6) is -0.181. The number of hydrogen-bond donors (Lipinski definition) is 1. The Kier molecular flexibility index (Phi) is 13.1. The first-order chi connectivity index (χ1) is 16.0. The van der Waals surface area contributed by atoms with Gasteiger partial charge in [-0.3, -0.25) is 4.79 Å². The topological polar surface area (TPSA) is 101 Å². The lowest BCUT2D eigenvalue weighted by molar-refractivity contribution is -0.114. The Hall–Kier alpha value is -1.95. The standard InChI is InChI=1S/C22H33BrN6O3S/c1-4-6-12-31-14-10-29(11-15-32-13-7-5-2)18-8-9-19(20(16-18)24-17(3)30)25-27-22-28-26-21(23)33-22/h8-9,16H,4-7,10-15H2,1-3H3,(H,24,30). The van der Waals surface area contributed by atoms with Crippen molar-refractivity contribution in [3.8, 4) is 0 Å². The van der Waals surface area contributed by atoms with Crippen LogP contribution in [-0.2, 0) is 14.3 Å². The molecule has 182 valence electrons. The highest BCUT2D eigenvalue weighted by molar-refractivity contribution is 9.11. The van der Waals surface area contributed by atoms with Crippen LogP contribution in [0.25, 0.3) is 0 Å². The number of rotatable bonds is 16. The number of halogens is 1. The van der Waals surface area contributed by atoms with E-state index in [4.69, 9.17) is 9.47 Å². The summed E-state index contributed by atoms with van der Waals surface area (Å²) in [7, 11) is 0. The van der Waals surface area contributed by atoms with Crippen LogP contribution in [0.15, 0.2) is 32.3 Å². The second-order valence-electron chi connectivity index (χ2n) is 7.34. The SMILES string of the molecule is CCCCOCCN(CCOCCCC)c1ccc(N=Nc2nnc(Br)s2)c(NC(C)=O)c1. The zero-order chi connectivity index (χ0) is 23.9. The van der Waals surface area contributed by atoms with Crippen LogP contribution in [0.4, 0.5) is 22.2 Å². The van der Waals surface area contributed by atoms with Gasteiger partial charge in [-0.05, 0) is 47.0 Å². The zero-order valence-electron chi connectivity index (χ0n) is 19.6. The first kappa shape index (κ1) is 27.3. The Morgan fingerprint density at radius 3 is 2.27 bits per heavy atom. The molecule has 0 unspecified atom stereocenters. The molecule has 1 aromatic carbocycles. The summed E-state index contributed by atoms with van der Waals surface area (Å²) in [5, 5.41) is 19.5. The third-order valence-corrected chi connectivity index (χ3v) is 5.82. The highest BCUT2D eigenvalue weighted by Crippen LogP contribution is 2.32. The van der Waals surface area contributed by atoms with Gasteiger partial charge < -0.3 is 19.7 Å². The summed E-state index contributed by atoms with van der Waals surface area (Å²) in [6, 6.07) is 5.71. The number of benzene rings is 1. The quantitative estimate of drug-likeness (QED) is 0.203. The maximum absolute atomic E-state index is 11.8. The van der Waals surface area contributed by atoms with E-state index in [1.54, 1.807) is 0 Å². The number of nitrogens with zero attached hydrogens (tertiary/aromatic N) is 5. The molecule has 33 heavy (non-hydrogen) atoms. The first-order valence-corrected chi connectivity index (χ1v) is 12.9. The highest BCUT2D eigenvalue weighted by atomic mass is 79.9. The molecule has 0 radical (unpaired) electrons. The zero-order valence-corrected chi connectivity index (χ0v) is 22.0. The number of anilines is 2. The molecule has 1 aromatic heterocycles. The second kappa shape index (κ2) is 15.8. The molecule has 1 heterocycles. The fraction of sp³-hybridized carbons (Fsp3) is 0.591. The molecule has 0 saturated carbocycles. The molecule has 0 atom stereocenters. The van der Waals surface area contributed by atoms with Crippen LogP contribution in [-0.4, -0.2) is 55.6 Å². The summed E-state index contributed by atoms with van der Waals surface area (Å²) in [5.41, 5.74) is 2.07. The van der Waals surface area contributed by atoms with Gasteiger partial charge in [0.2, 0.25) is 5.91 Å². The lowest BCUT2D eigenvalue weighted by atomic mass is 10.2. The number of aromatic nitrogens is 2. The van der Waals surface area contributed by atoms with Gasteiger partial charge in [0.1, 0.15) is 5.69 Å². The molecule has 2 aromatic rings. The lowest BCUT2D eigenvalue weighted by Gasteiger charge is -2.25. The minimum absolute atomic E-state index is 0.181. The Morgan fingerprint density at radius 1 is 1.06 bits per heavy atom. The van der Waals surface area contributed by atoms with E-state index in [1.165, 1.54) is 18.3 Å². The number of unbranched alkanes of at least 4 members (excludes halogenated alkanes) is 2. The van der Waals surface area contributed by atoms with Crippen molar-refractivity contribution in [1.82, 2.24) is 10.2 Å². The highest BCUT2D eigenvalue weighted by Gasteiger charge is 2.12. The maximum atomic E-state index is 11.8. The molecule has 0 aliphatic heterocycles. The molecule has 0 spiro atoms. The molecular weight excluding hydrogens is 508 g/mol. The van der Waals surface area contributed by atoms with Crippen molar-refractivity contribution in [3.63, 3.8) is 0 Å². The minimum Gasteiger partial charge on any atom is -0.380 e. The van der Waals surface area contributed by atoms with Gasteiger partial charge in [-0.2, -0.15) is 0 Å². The molecule has 0 aliphatic carbocycles. The van der Waals surface area contributed by atoms with Gasteiger partial charge in [-0.1, -0.05) is 38.0 Å². The Bertz CT molecular complexity index is 866. The van der Waals surface area contributed by atoms with Crippen molar-refractivity contribution in [2.24, 2.45) is 10.2 Å². The summed E-state index contributed by atoms with van der Waals surface area (Å²) in [6.07, 6.45) is 4.33. The minimum atomic E-state index is -0.181. The van der Waals surface area contributed by atoms with Crippen LogP contribution in [0.2, 0.25) is 0 Å². The normalized spacial score (nSPS) is 11.3. The van der Waals surface area contributed by atoms with Crippen molar-refractivity contribution in [1.29, 1.82) is 0 Å². The van der Waals surface area contributed by atoms with Crippen LogP contribution in [0.3, 0.4) is 0 Å². The van der Waals surface area contributed by atoms with Gasteiger partial charge in [-0.15, -0.1) is 20.4 Å². The third-order valence-electron chi connectivity index (χ3n) is 4.58. The summed E-state index contributed by atoms with van der Waals surface area (Å²) < 4.78 is 12.2. The van der Waals surface area contributed by atoms with Crippen LogP contribution in [0.1, 0.15) is 46.5 Å². The molecule has 11 heteroatoms. The smallest absolute Gasteiger partial charge is 0.252 e. The second-order valence-corrected chi connectivity index (χ2v) is 9.57. The molecule has 1 amide bonds. The van der Waals surface area contributed by atoms with Gasteiger partial charge >= 0.3 is 0 Å². The molecular formula is C22H33BrN6O3S. The molecule has 0 bridgehead atoms. The van der Waals surface area contributed by atoms with Crippen molar-refractivity contribution >= 4 is 55.4 Å². The Labute approximate surface area is 208 Å². The van der Waals surface area contributed by atoms with Crippen LogP contribution in [0, 0.1) is 0 Å². The summed E-state index contributed by atoms with van der Waals surface area (Å²) in [4.78, 5) is 14.0. The molecule has 2 rings (SSSR count). The van der Waals surface area contributed by atoms with Gasteiger partial charge in [0, 0.05) is 38.9 Å². The average molecular weight is 542 g/mol. The van der Waals surface area contributed by atoms with Gasteiger partial charge in [0.05, 0.1) is 18.9 Å². The maximum Gasteiger partial charge on any atom is 0.252 e. The van der Waals surface area contributed by atoms with Gasteiger partial charge in [0.15, 0.2) is 3.92 Å². The molecule has 9 nitrogen and oxygen atoms in total. The number of azo groups is 1. The van der Waals surface area contributed by atoms with Crippen molar-refractivity contribution in [2.75, 3.05) is 49.7 Å². The van der Waals surface area contributed by atoms with Crippen LogP contribution in [0.5, 0.6) is 0 Å². The number of nitrogens with one attached hydrogen (secondary N) is 1. The van der Waals surface area contributed by atoms with Crippen LogP contribution < -0.4 is 10.2 Å². The number of carbonyl (C=O) groups excluding carboxylic acids is 1. The number of ether oxygens (including phenoxy) is 2. The first-order valence-electron chi connectivity index (χ1n) is 11.3. The predicted octanol–water partition coefficient (Wildman–Crippen LogP) is 6.11. The van der Waals surface area contributed by atoms with E-state index < -0.39 is 0 Å². The largest absolute Gasteiger partial charge is 0.380 e. The summed E-state index contributed by atoms with van der Waals surface area (Å²) >= 11 is 4.53. The van der Waals surface area contributed by atoms with Crippen LogP contribution >= 0.6 is 27.3 Å². The average Bonchev–Trinajstić information content (AvgIpc) is 3.21. The van der Waals surface area contributed by atoms with E-state index in [2.05, 4.69) is 60.4 Å². The summed E-state index contributed by atoms with van der Waals surface area (Å²) in [6.45, 7) is 9.97. The Balaban J connectivity index is 2.16. The monoisotopic (exact) mass is 540 g/mol. The van der Waals surface area contributed by atoms with E-state index in [0.29, 0.717) is 33.6 Å². The molecule has 0 aliphatic rings. The fourth-order valence-electron chi connectivity index (χ4n) is 2.85. The predicted molar refractivity (Wildman–Crippen MR) is 136 cm³/mol. The third kappa shape index (κ3) is 10.7. The Morgan fingerprint density at radius 2 is 1.73 bits per heavy atom. The van der Waals surface area contributed by atoms with E-state index >= 15 is 0 Å². The van der Waals surface area contributed by atoms with Gasteiger partial charge in [0.25, 0.3) is 5.13 Å². The van der Waals surface area contributed by atoms with Gasteiger partial charge in [-0.25, -0.2) is 0 Å². The number of hydrogen-bond acceptors (Lipinski definition) is 9. The van der Waals surface area contributed by atoms with Crippen molar-refractivity contribution in [2.45, 2.75) is 46.5 Å². The van der Waals surface area contributed by atoms with E-state index in [1.807, 2.05) is 18.2 Å². The van der Waals surface area contributed by atoms with E-state index in [-0.39, 0.29) is 5.91 Å². The number of amides is 1. The fourth-order valence-corrected chi connectivity index (χ4v) is 3.76. The molecule has 0 saturated heterocycles. The van der Waals surface area contributed by atoms with E-state index in [0.717, 1.165) is 57.7 Å². The van der Waals surface area contributed by atoms with E-state index in [9.17, 15) is 4.79 Å². The molecule has 1 N–H and O–H groups in total. The number of carbonyl (C=O) groups is 1. The van der Waals surface area contributed by atoms with Crippen molar-refractivity contribution < 1.29 is 14.3 Å². The lowest BCUT2D eigenvalue weighted by Crippen LogP contribution is -2.31. The molecule has 0 fully saturated rings. The van der Waals surface area contributed by atoms with Crippen molar-refractivity contribution in [3.05, 3.63) is 22.1 Å².